The fourth-order valence-corrected chi connectivity index (χ4v) is 1.92. The number of nitrogens with zero attached hydrogens (tertiary/aromatic N) is 1. The number of hydrogen-bond acceptors (Lipinski definition) is 3. The lowest BCUT2D eigenvalue weighted by molar-refractivity contribution is -0.138. The number of alkyl halides is 1. The summed E-state index contributed by atoms with van der Waals surface area (Å²) in [5.41, 5.74) is 0.447. The number of halogens is 1. The fraction of sp³-hybridized carbons (Fsp3) is 0.769. The first-order valence-electron chi connectivity index (χ1n) is 6.20. The zero-order chi connectivity index (χ0) is 13.3. The Labute approximate surface area is 113 Å². The van der Waals surface area contributed by atoms with E-state index in [9.17, 15) is 4.79 Å². The second-order valence-corrected chi connectivity index (χ2v) is 5.52. The molecule has 0 bridgehead atoms. The predicted molar refractivity (Wildman–Crippen MR) is 75.5 cm³/mol. The summed E-state index contributed by atoms with van der Waals surface area (Å²) < 4.78 is 5.10. The number of rotatable bonds is 9. The molecular weight excluding hydrogens is 282 g/mol. The van der Waals surface area contributed by atoms with E-state index >= 15 is 0 Å². The Hall–Kier alpha value is -0.350. The van der Waals surface area contributed by atoms with Gasteiger partial charge < -0.3 is 9.64 Å². The molecule has 0 aliphatic carbocycles. The molecule has 0 saturated carbocycles. The number of ether oxygens (including phenoxy) is 1. The van der Waals surface area contributed by atoms with Crippen LogP contribution < -0.4 is 0 Å². The van der Waals surface area contributed by atoms with Crippen molar-refractivity contribution in [1.82, 2.24) is 4.90 Å². The highest BCUT2D eigenvalue weighted by Crippen LogP contribution is 2.06. The monoisotopic (exact) mass is 305 g/mol. The molecule has 0 amide bonds. The lowest BCUT2D eigenvalue weighted by atomic mass is 10.3. The summed E-state index contributed by atoms with van der Waals surface area (Å²) in [5, 5.41) is 0. The van der Waals surface area contributed by atoms with Crippen LogP contribution in [0.2, 0.25) is 0 Å². The Morgan fingerprint density at radius 1 is 1.47 bits per heavy atom. The highest BCUT2D eigenvalue weighted by Gasteiger charge is 2.12. The summed E-state index contributed by atoms with van der Waals surface area (Å²) in [4.78, 5) is 13.8. The van der Waals surface area contributed by atoms with Crippen LogP contribution >= 0.6 is 15.9 Å². The molecule has 100 valence electrons. The summed E-state index contributed by atoms with van der Waals surface area (Å²) >= 11 is 3.54. The van der Waals surface area contributed by atoms with Crippen LogP contribution in [0.4, 0.5) is 0 Å². The molecule has 1 unspecified atom stereocenters. The van der Waals surface area contributed by atoms with Crippen LogP contribution in [0.15, 0.2) is 12.2 Å². The smallest absolute Gasteiger partial charge is 0.333 e. The van der Waals surface area contributed by atoms with Gasteiger partial charge in [-0.1, -0.05) is 42.8 Å². The van der Waals surface area contributed by atoms with Gasteiger partial charge in [-0.2, -0.15) is 0 Å². The van der Waals surface area contributed by atoms with Gasteiger partial charge in [-0.3, -0.25) is 0 Å². The third kappa shape index (κ3) is 8.38. The molecule has 0 rings (SSSR count). The first kappa shape index (κ1) is 16.6. The first-order valence-corrected chi connectivity index (χ1v) is 7.11. The number of hydrogen-bond donors (Lipinski definition) is 0. The second kappa shape index (κ2) is 9.66. The minimum atomic E-state index is -0.314. The van der Waals surface area contributed by atoms with Crippen LogP contribution in [0, 0.1) is 0 Å². The van der Waals surface area contributed by atoms with E-state index < -0.39 is 0 Å². The van der Waals surface area contributed by atoms with Gasteiger partial charge in [0.1, 0.15) is 6.61 Å². The molecule has 0 N–H and O–H groups in total. The van der Waals surface area contributed by atoms with Gasteiger partial charge in [-0.25, -0.2) is 4.79 Å². The van der Waals surface area contributed by atoms with Crippen molar-refractivity contribution in [1.29, 1.82) is 0 Å². The molecule has 0 radical (unpaired) electrons. The van der Waals surface area contributed by atoms with Crippen molar-refractivity contribution >= 4 is 21.9 Å². The highest BCUT2D eigenvalue weighted by molar-refractivity contribution is 9.09. The average Bonchev–Trinajstić information content (AvgIpc) is 2.31. The molecule has 0 aromatic rings. The number of unbranched alkanes of at least 4 members (excludes halogenated alkanes) is 1. The molecule has 0 aliphatic heterocycles. The second-order valence-electron chi connectivity index (χ2n) is 4.22. The number of carbonyl (C=O) groups is 1. The first-order chi connectivity index (χ1) is 8.01. The molecular formula is C13H24BrNO2. The van der Waals surface area contributed by atoms with Crippen molar-refractivity contribution in [2.24, 2.45) is 0 Å². The SMILES string of the molecule is C=C(C)C(=O)OCC(Br)CN(CC)CCCC. The van der Waals surface area contributed by atoms with Gasteiger partial charge in [0.25, 0.3) is 0 Å². The maximum Gasteiger partial charge on any atom is 0.333 e. The van der Waals surface area contributed by atoms with Crippen molar-refractivity contribution in [3.63, 3.8) is 0 Å². The van der Waals surface area contributed by atoms with Gasteiger partial charge in [0, 0.05) is 12.1 Å². The zero-order valence-electron chi connectivity index (χ0n) is 11.2. The third-order valence-electron chi connectivity index (χ3n) is 2.48. The van der Waals surface area contributed by atoms with Crippen LogP contribution in [-0.2, 0) is 9.53 Å². The predicted octanol–water partition coefficient (Wildman–Crippen LogP) is 2.99. The normalized spacial score (nSPS) is 12.5. The molecule has 17 heavy (non-hydrogen) atoms. The Balaban J connectivity index is 3.85. The van der Waals surface area contributed by atoms with E-state index in [1.54, 1.807) is 6.92 Å². The molecule has 3 nitrogen and oxygen atoms in total. The summed E-state index contributed by atoms with van der Waals surface area (Å²) in [6.45, 7) is 13.0. The molecule has 0 heterocycles. The summed E-state index contributed by atoms with van der Waals surface area (Å²) in [5.74, 6) is -0.314. The molecule has 0 saturated heterocycles. The lowest BCUT2D eigenvalue weighted by Gasteiger charge is -2.23. The molecule has 4 heteroatoms. The zero-order valence-corrected chi connectivity index (χ0v) is 12.8. The van der Waals surface area contributed by atoms with Crippen LogP contribution in [0.3, 0.4) is 0 Å². The molecule has 1 atom stereocenters. The molecule has 0 aromatic heterocycles. The van der Waals surface area contributed by atoms with E-state index in [1.165, 1.54) is 12.8 Å². The summed E-state index contributed by atoms with van der Waals surface area (Å²) in [7, 11) is 0. The fourth-order valence-electron chi connectivity index (χ4n) is 1.38. The van der Waals surface area contributed by atoms with Gasteiger partial charge in [-0.15, -0.1) is 0 Å². The Bertz CT molecular complexity index is 244. The van der Waals surface area contributed by atoms with E-state index in [1.807, 2.05) is 0 Å². The van der Waals surface area contributed by atoms with Crippen molar-refractivity contribution in [3.05, 3.63) is 12.2 Å². The van der Waals surface area contributed by atoms with Crippen LogP contribution in [-0.4, -0.2) is 41.9 Å². The molecule has 0 spiro atoms. The van der Waals surface area contributed by atoms with Crippen molar-refractivity contribution in [3.8, 4) is 0 Å². The van der Waals surface area contributed by atoms with Gasteiger partial charge in [0.15, 0.2) is 0 Å². The minimum absolute atomic E-state index is 0.183. The average molecular weight is 306 g/mol. The summed E-state index contributed by atoms with van der Waals surface area (Å²) in [6, 6.07) is 0. The summed E-state index contributed by atoms with van der Waals surface area (Å²) in [6.07, 6.45) is 2.41. The van der Waals surface area contributed by atoms with Gasteiger partial charge in [-0.05, 0) is 26.4 Å². The number of esters is 1. The van der Waals surface area contributed by atoms with Crippen molar-refractivity contribution < 1.29 is 9.53 Å². The number of carbonyl (C=O) groups excluding carboxylic acids is 1. The van der Waals surface area contributed by atoms with Gasteiger partial charge >= 0.3 is 5.97 Å². The van der Waals surface area contributed by atoms with Crippen LogP contribution in [0.1, 0.15) is 33.6 Å². The minimum Gasteiger partial charge on any atom is -0.461 e. The Morgan fingerprint density at radius 2 is 2.12 bits per heavy atom. The lowest BCUT2D eigenvalue weighted by Crippen LogP contribution is -2.33. The Morgan fingerprint density at radius 3 is 2.59 bits per heavy atom. The highest BCUT2D eigenvalue weighted by atomic mass is 79.9. The maximum absolute atomic E-state index is 11.2. The van der Waals surface area contributed by atoms with E-state index in [0.29, 0.717) is 12.2 Å². The Kier molecular flexibility index (Phi) is 9.46. The van der Waals surface area contributed by atoms with E-state index in [0.717, 1.165) is 19.6 Å². The van der Waals surface area contributed by atoms with Crippen LogP contribution in [0.5, 0.6) is 0 Å². The van der Waals surface area contributed by atoms with Crippen molar-refractivity contribution in [2.75, 3.05) is 26.2 Å². The largest absolute Gasteiger partial charge is 0.461 e. The van der Waals surface area contributed by atoms with Crippen molar-refractivity contribution in [2.45, 2.75) is 38.4 Å². The van der Waals surface area contributed by atoms with Gasteiger partial charge in [0.2, 0.25) is 0 Å². The molecule has 0 aromatic carbocycles. The van der Waals surface area contributed by atoms with Gasteiger partial charge in [0.05, 0.1) is 4.83 Å². The topological polar surface area (TPSA) is 29.5 Å². The van der Waals surface area contributed by atoms with E-state index in [-0.39, 0.29) is 10.8 Å². The quantitative estimate of drug-likeness (QED) is 0.372. The maximum atomic E-state index is 11.2. The molecule has 0 fully saturated rings. The third-order valence-corrected chi connectivity index (χ3v) is 3.03. The molecule has 0 aliphatic rings. The van der Waals surface area contributed by atoms with Crippen LogP contribution in [0.25, 0.3) is 0 Å². The standard InChI is InChI=1S/C13H24BrNO2/c1-5-7-8-15(6-2)9-12(14)10-17-13(16)11(3)4/h12H,3,5-10H2,1-2,4H3. The van der Waals surface area contributed by atoms with E-state index in [2.05, 4.69) is 41.3 Å². The van der Waals surface area contributed by atoms with E-state index in [4.69, 9.17) is 4.74 Å².